The topological polar surface area (TPSA) is 73.3 Å². The highest BCUT2D eigenvalue weighted by molar-refractivity contribution is 6.35. The number of carbonyl (C=O) groups is 1. The van der Waals surface area contributed by atoms with Crippen LogP contribution in [0.15, 0.2) is 52.9 Å². The van der Waals surface area contributed by atoms with Crippen molar-refractivity contribution < 1.29 is 14.1 Å². The summed E-state index contributed by atoms with van der Waals surface area (Å²) in [5.74, 6) is -0.205. The number of benzene rings is 2. The number of para-hydroxylation sites is 1. The number of hydrogen-bond acceptors (Lipinski definition) is 4. The van der Waals surface area contributed by atoms with Crippen LogP contribution >= 0.6 is 11.6 Å². The minimum atomic E-state index is -0.519. The molecule has 0 atom stereocenters. The molecular formula is C15H8ClNO4. The quantitative estimate of drug-likeness (QED) is 0.412. The Labute approximate surface area is 123 Å². The molecule has 0 aliphatic carbocycles. The fraction of sp³-hybridized carbons (Fsp3) is 0. The summed E-state index contributed by atoms with van der Waals surface area (Å²) in [6.07, 6.45) is 0. The second kappa shape index (κ2) is 5.03. The zero-order valence-corrected chi connectivity index (χ0v) is 11.3. The van der Waals surface area contributed by atoms with Gasteiger partial charge in [-0.3, -0.25) is 14.9 Å². The Morgan fingerprint density at radius 1 is 1.14 bits per heavy atom. The molecule has 0 unspecified atom stereocenters. The smallest absolute Gasteiger partial charge is 0.269 e. The number of nitrogens with zero attached hydrogens (tertiary/aromatic N) is 1. The van der Waals surface area contributed by atoms with Crippen LogP contribution in [-0.4, -0.2) is 10.7 Å². The first kappa shape index (κ1) is 13.3. The molecule has 1 heterocycles. The molecule has 104 valence electrons. The summed E-state index contributed by atoms with van der Waals surface area (Å²) in [6.45, 7) is 0. The molecule has 2 aromatic carbocycles. The molecule has 21 heavy (non-hydrogen) atoms. The fourth-order valence-corrected chi connectivity index (χ4v) is 2.24. The van der Waals surface area contributed by atoms with Crippen molar-refractivity contribution in [2.24, 2.45) is 0 Å². The lowest BCUT2D eigenvalue weighted by atomic mass is 10.1. The van der Waals surface area contributed by atoms with E-state index in [2.05, 4.69) is 0 Å². The van der Waals surface area contributed by atoms with Crippen LogP contribution in [0.2, 0.25) is 5.02 Å². The Hall–Kier alpha value is -2.66. The Balaban J connectivity index is 2.00. The standard InChI is InChI=1S/C15H8ClNO4/c16-12-3-1-2-10-8-13(21-15(10)12)14(18)9-4-6-11(7-5-9)17(19)20/h1-8H. The van der Waals surface area contributed by atoms with E-state index >= 15 is 0 Å². The van der Waals surface area contributed by atoms with E-state index in [4.69, 9.17) is 16.0 Å². The van der Waals surface area contributed by atoms with Crippen molar-refractivity contribution in [1.29, 1.82) is 0 Å². The van der Waals surface area contributed by atoms with Crippen LogP contribution in [0, 0.1) is 10.1 Å². The third kappa shape index (κ3) is 2.39. The first-order valence-electron chi connectivity index (χ1n) is 6.03. The first-order chi connectivity index (χ1) is 10.1. The van der Waals surface area contributed by atoms with E-state index in [0.29, 0.717) is 16.2 Å². The Bertz CT molecular complexity index is 852. The molecule has 0 spiro atoms. The molecule has 1 aromatic heterocycles. The van der Waals surface area contributed by atoms with Crippen LogP contribution in [0.4, 0.5) is 5.69 Å². The molecule has 0 fully saturated rings. The Morgan fingerprint density at radius 2 is 1.86 bits per heavy atom. The summed E-state index contributed by atoms with van der Waals surface area (Å²) in [5, 5.41) is 11.7. The van der Waals surface area contributed by atoms with Crippen molar-refractivity contribution in [1.82, 2.24) is 0 Å². The van der Waals surface area contributed by atoms with E-state index in [1.807, 2.05) is 0 Å². The van der Waals surface area contributed by atoms with Crippen molar-refractivity contribution in [2.45, 2.75) is 0 Å². The van der Waals surface area contributed by atoms with E-state index in [1.54, 1.807) is 24.3 Å². The van der Waals surface area contributed by atoms with Gasteiger partial charge >= 0.3 is 0 Å². The van der Waals surface area contributed by atoms with Gasteiger partial charge in [0.25, 0.3) is 5.69 Å². The summed E-state index contributed by atoms with van der Waals surface area (Å²) < 4.78 is 5.48. The number of hydrogen-bond donors (Lipinski definition) is 0. The average molecular weight is 302 g/mol. The zero-order chi connectivity index (χ0) is 15.0. The largest absolute Gasteiger partial charge is 0.451 e. The molecule has 0 saturated heterocycles. The van der Waals surface area contributed by atoms with Crippen molar-refractivity contribution in [3.8, 4) is 0 Å². The van der Waals surface area contributed by atoms with Gasteiger partial charge in [-0.1, -0.05) is 23.7 Å². The highest BCUT2D eigenvalue weighted by atomic mass is 35.5. The third-order valence-electron chi connectivity index (χ3n) is 3.06. The molecule has 0 aliphatic rings. The fourth-order valence-electron chi connectivity index (χ4n) is 2.02. The highest BCUT2D eigenvalue weighted by Gasteiger charge is 2.16. The predicted molar refractivity (Wildman–Crippen MR) is 77.8 cm³/mol. The Kier molecular flexibility index (Phi) is 3.19. The van der Waals surface area contributed by atoms with Gasteiger partial charge in [0.15, 0.2) is 11.3 Å². The van der Waals surface area contributed by atoms with Crippen molar-refractivity contribution >= 4 is 34.0 Å². The zero-order valence-electron chi connectivity index (χ0n) is 10.6. The lowest BCUT2D eigenvalue weighted by Crippen LogP contribution is -1.99. The van der Waals surface area contributed by atoms with Gasteiger partial charge in [-0.15, -0.1) is 0 Å². The van der Waals surface area contributed by atoms with Crippen LogP contribution in [0.5, 0.6) is 0 Å². The van der Waals surface area contributed by atoms with Gasteiger partial charge in [0.2, 0.25) is 5.78 Å². The highest BCUT2D eigenvalue weighted by Crippen LogP contribution is 2.28. The van der Waals surface area contributed by atoms with E-state index in [1.165, 1.54) is 24.3 Å². The number of fused-ring (bicyclic) bond motifs is 1. The number of ketones is 1. The molecule has 3 rings (SSSR count). The number of furan rings is 1. The van der Waals surface area contributed by atoms with Gasteiger partial charge in [0.05, 0.1) is 9.95 Å². The van der Waals surface area contributed by atoms with Gasteiger partial charge in [-0.2, -0.15) is 0 Å². The average Bonchev–Trinajstić information content (AvgIpc) is 2.92. The van der Waals surface area contributed by atoms with E-state index in [-0.39, 0.29) is 17.2 Å². The van der Waals surface area contributed by atoms with Gasteiger partial charge in [-0.05, 0) is 24.3 Å². The maximum atomic E-state index is 12.3. The first-order valence-corrected chi connectivity index (χ1v) is 6.41. The second-order valence-electron chi connectivity index (χ2n) is 4.40. The lowest BCUT2D eigenvalue weighted by molar-refractivity contribution is -0.384. The van der Waals surface area contributed by atoms with Crippen LogP contribution in [0.3, 0.4) is 0 Å². The number of halogens is 1. The number of nitro groups is 1. The summed E-state index contributed by atoms with van der Waals surface area (Å²) in [6, 6.07) is 12.2. The molecular weight excluding hydrogens is 294 g/mol. The number of carbonyl (C=O) groups excluding carboxylic acids is 1. The minimum absolute atomic E-state index is 0.0702. The van der Waals surface area contributed by atoms with E-state index in [0.717, 1.165) is 5.39 Å². The van der Waals surface area contributed by atoms with Crippen LogP contribution in [0.1, 0.15) is 16.1 Å². The van der Waals surface area contributed by atoms with E-state index < -0.39 is 4.92 Å². The maximum absolute atomic E-state index is 12.3. The lowest BCUT2D eigenvalue weighted by Gasteiger charge is -1.97. The SMILES string of the molecule is O=C(c1ccc([N+](=O)[O-])cc1)c1cc2cccc(Cl)c2o1. The monoisotopic (exact) mass is 301 g/mol. The normalized spacial score (nSPS) is 10.7. The van der Waals surface area contributed by atoms with Gasteiger partial charge in [0.1, 0.15) is 0 Å². The summed E-state index contributed by atoms with van der Waals surface area (Å²) in [4.78, 5) is 22.4. The van der Waals surface area contributed by atoms with E-state index in [9.17, 15) is 14.9 Å². The van der Waals surface area contributed by atoms with Gasteiger partial charge in [-0.25, -0.2) is 0 Å². The summed E-state index contributed by atoms with van der Waals surface area (Å²) in [7, 11) is 0. The van der Waals surface area contributed by atoms with Crippen molar-refractivity contribution in [2.75, 3.05) is 0 Å². The van der Waals surface area contributed by atoms with Crippen LogP contribution in [-0.2, 0) is 0 Å². The molecule has 3 aromatic rings. The maximum Gasteiger partial charge on any atom is 0.269 e. The van der Waals surface area contributed by atoms with Gasteiger partial charge in [0, 0.05) is 23.1 Å². The number of nitro benzene ring substituents is 1. The second-order valence-corrected chi connectivity index (χ2v) is 4.81. The summed E-state index contributed by atoms with van der Waals surface area (Å²) >= 11 is 6.00. The number of non-ortho nitro benzene ring substituents is 1. The molecule has 0 aliphatic heterocycles. The molecule has 0 amide bonds. The van der Waals surface area contributed by atoms with Crippen LogP contribution in [0.25, 0.3) is 11.0 Å². The molecule has 6 heteroatoms. The van der Waals surface area contributed by atoms with Crippen molar-refractivity contribution in [3.63, 3.8) is 0 Å². The molecule has 0 saturated carbocycles. The number of rotatable bonds is 3. The van der Waals surface area contributed by atoms with Gasteiger partial charge < -0.3 is 4.42 Å². The minimum Gasteiger partial charge on any atom is -0.451 e. The van der Waals surface area contributed by atoms with Crippen molar-refractivity contribution in [3.05, 3.63) is 75.0 Å². The predicted octanol–water partition coefficient (Wildman–Crippen LogP) is 4.23. The molecule has 0 radical (unpaired) electrons. The Morgan fingerprint density at radius 3 is 2.48 bits per heavy atom. The molecule has 0 N–H and O–H groups in total. The molecule has 0 bridgehead atoms. The van der Waals surface area contributed by atoms with Crippen LogP contribution < -0.4 is 0 Å². The summed E-state index contributed by atoms with van der Waals surface area (Å²) in [5.41, 5.74) is 0.694. The third-order valence-corrected chi connectivity index (χ3v) is 3.36. The molecule has 5 nitrogen and oxygen atoms in total.